The second kappa shape index (κ2) is 6.21. The Morgan fingerprint density at radius 3 is 2.70 bits per heavy atom. The highest BCUT2D eigenvalue weighted by atomic mass is 19.1. The minimum Gasteiger partial charge on any atom is -0.480 e. The maximum absolute atomic E-state index is 13.6. The maximum Gasteiger partial charge on any atom is 0.325 e. The van der Waals surface area contributed by atoms with E-state index >= 15 is 0 Å². The Balaban J connectivity index is 2.17. The van der Waals surface area contributed by atoms with E-state index in [0.29, 0.717) is 11.8 Å². The number of nitrogens with zero attached hydrogens (tertiary/aromatic N) is 1. The zero-order chi connectivity index (χ0) is 14.5. The van der Waals surface area contributed by atoms with Gasteiger partial charge in [-0.15, -0.1) is 0 Å². The fourth-order valence-electron chi connectivity index (χ4n) is 1.78. The first-order valence-electron chi connectivity index (χ1n) is 5.89. The topological polar surface area (TPSA) is 62.2 Å². The third-order valence-corrected chi connectivity index (χ3v) is 2.73. The van der Waals surface area contributed by atoms with Gasteiger partial charge in [0, 0.05) is 24.4 Å². The Morgan fingerprint density at radius 1 is 1.30 bits per heavy atom. The monoisotopic (exact) mass is 278 g/mol. The maximum atomic E-state index is 13.6. The lowest BCUT2D eigenvalue weighted by Crippen LogP contribution is -2.29. The summed E-state index contributed by atoms with van der Waals surface area (Å²) in [4.78, 5) is 15.2. The number of aliphatic carboxylic acids is 1. The largest absolute Gasteiger partial charge is 0.480 e. The molecule has 1 unspecified atom stereocenters. The van der Waals surface area contributed by atoms with Crippen LogP contribution in [-0.2, 0) is 11.3 Å². The van der Waals surface area contributed by atoms with Crippen molar-refractivity contribution in [2.45, 2.75) is 12.6 Å². The number of rotatable bonds is 5. The Hall–Kier alpha value is -2.34. The second-order valence-corrected chi connectivity index (χ2v) is 4.14. The van der Waals surface area contributed by atoms with Crippen molar-refractivity contribution in [3.63, 3.8) is 0 Å². The van der Waals surface area contributed by atoms with Crippen LogP contribution in [0.25, 0.3) is 0 Å². The lowest BCUT2D eigenvalue weighted by molar-refractivity contribution is -0.139. The summed E-state index contributed by atoms with van der Waals surface area (Å²) in [6.07, 6.45) is 1.57. The molecule has 2 rings (SSSR count). The summed E-state index contributed by atoms with van der Waals surface area (Å²) in [6.45, 7) is 0.161. The molecule has 0 saturated carbocycles. The van der Waals surface area contributed by atoms with Gasteiger partial charge in [-0.1, -0.05) is 12.1 Å². The molecule has 20 heavy (non-hydrogen) atoms. The minimum atomic E-state index is -1.27. The molecule has 2 aromatic rings. The van der Waals surface area contributed by atoms with Gasteiger partial charge in [-0.2, -0.15) is 0 Å². The fraction of sp³-hybridized carbons (Fsp3) is 0.143. The molecule has 1 aromatic carbocycles. The average Bonchev–Trinajstić information content (AvgIpc) is 2.42. The van der Waals surface area contributed by atoms with Crippen LogP contribution in [0.4, 0.5) is 8.78 Å². The van der Waals surface area contributed by atoms with E-state index in [9.17, 15) is 13.6 Å². The molecule has 0 radical (unpaired) electrons. The van der Waals surface area contributed by atoms with Crippen molar-refractivity contribution in [2.24, 2.45) is 0 Å². The van der Waals surface area contributed by atoms with E-state index < -0.39 is 23.6 Å². The molecule has 0 bridgehead atoms. The normalized spacial score (nSPS) is 12.1. The number of aromatic nitrogens is 1. The summed E-state index contributed by atoms with van der Waals surface area (Å²) in [5.74, 6) is -2.89. The van der Waals surface area contributed by atoms with Gasteiger partial charge in [0.05, 0.1) is 5.69 Å². The molecule has 4 nitrogen and oxygen atoms in total. The standard InChI is InChI=1S/C14H12F2N2O2/c15-9-4-5-11(12(16)7-9)13(14(19)20)18-8-10-3-1-2-6-17-10/h1-7,13,18H,8H2,(H,19,20). The molecule has 6 heteroatoms. The number of carboxylic acid groups (broad SMARTS) is 1. The number of benzene rings is 1. The molecule has 0 aliphatic rings. The van der Waals surface area contributed by atoms with E-state index in [1.165, 1.54) is 0 Å². The fourth-order valence-corrected chi connectivity index (χ4v) is 1.78. The highest BCUT2D eigenvalue weighted by Gasteiger charge is 2.23. The molecule has 0 amide bonds. The van der Waals surface area contributed by atoms with Crippen LogP contribution >= 0.6 is 0 Å². The second-order valence-electron chi connectivity index (χ2n) is 4.14. The first kappa shape index (κ1) is 14.1. The van der Waals surface area contributed by atoms with Gasteiger partial charge in [-0.25, -0.2) is 8.78 Å². The summed E-state index contributed by atoms with van der Waals surface area (Å²) in [6, 6.07) is 6.75. The molecule has 1 atom stereocenters. The third kappa shape index (κ3) is 3.36. The molecular formula is C14H12F2N2O2. The molecule has 0 fully saturated rings. The van der Waals surface area contributed by atoms with E-state index in [2.05, 4.69) is 10.3 Å². The molecule has 104 valence electrons. The SMILES string of the molecule is O=C(O)C(NCc1ccccn1)c1ccc(F)cc1F. The van der Waals surface area contributed by atoms with Crippen molar-refractivity contribution >= 4 is 5.97 Å². The van der Waals surface area contributed by atoms with Crippen molar-refractivity contribution in [3.8, 4) is 0 Å². The molecule has 0 aliphatic carbocycles. The Morgan fingerprint density at radius 2 is 2.10 bits per heavy atom. The first-order chi connectivity index (χ1) is 9.58. The van der Waals surface area contributed by atoms with E-state index in [4.69, 9.17) is 5.11 Å². The van der Waals surface area contributed by atoms with Crippen molar-refractivity contribution in [1.82, 2.24) is 10.3 Å². The van der Waals surface area contributed by atoms with Crippen molar-refractivity contribution in [1.29, 1.82) is 0 Å². The Labute approximate surface area is 114 Å². The predicted octanol–water partition coefficient (Wildman–Crippen LogP) is 2.28. The average molecular weight is 278 g/mol. The molecule has 0 saturated heterocycles. The smallest absolute Gasteiger partial charge is 0.325 e. The molecule has 2 N–H and O–H groups in total. The highest BCUT2D eigenvalue weighted by molar-refractivity contribution is 5.75. The van der Waals surface area contributed by atoms with Gasteiger partial charge in [0.15, 0.2) is 0 Å². The quantitative estimate of drug-likeness (QED) is 0.880. The van der Waals surface area contributed by atoms with Gasteiger partial charge in [0.25, 0.3) is 0 Å². The van der Waals surface area contributed by atoms with Crippen LogP contribution in [0.15, 0.2) is 42.6 Å². The molecule has 1 aromatic heterocycles. The summed E-state index contributed by atoms with van der Waals surface area (Å²) >= 11 is 0. The van der Waals surface area contributed by atoms with Crippen molar-refractivity contribution in [2.75, 3.05) is 0 Å². The first-order valence-corrected chi connectivity index (χ1v) is 5.89. The van der Waals surface area contributed by atoms with Gasteiger partial charge in [0.2, 0.25) is 0 Å². The lowest BCUT2D eigenvalue weighted by atomic mass is 10.1. The van der Waals surface area contributed by atoms with E-state index in [1.54, 1.807) is 24.4 Å². The zero-order valence-corrected chi connectivity index (χ0v) is 10.4. The Bertz CT molecular complexity index is 605. The summed E-state index contributed by atoms with van der Waals surface area (Å²) in [5.41, 5.74) is 0.510. The molecular weight excluding hydrogens is 266 g/mol. The minimum absolute atomic E-state index is 0.116. The van der Waals surface area contributed by atoms with Crippen LogP contribution in [-0.4, -0.2) is 16.1 Å². The van der Waals surface area contributed by atoms with E-state index in [-0.39, 0.29) is 12.1 Å². The van der Waals surface area contributed by atoms with Gasteiger partial charge in [-0.05, 0) is 18.2 Å². The highest BCUT2D eigenvalue weighted by Crippen LogP contribution is 2.19. The van der Waals surface area contributed by atoms with Crippen LogP contribution < -0.4 is 5.32 Å². The van der Waals surface area contributed by atoms with Gasteiger partial charge >= 0.3 is 5.97 Å². The van der Waals surface area contributed by atoms with E-state index in [0.717, 1.165) is 12.1 Å². The zero-order valence-electron chi connectivity index (χ0n) is 10.4. The summed E-state index contributed by atoms with van der Waals surface area (Å²) in [5, 5.41) is 11.8. The van der Waals surface area contributed by atoms with Crippen LogP contribution in [0.3, 0.4) is 0 Å². The van der Waals surface area contributed by atoms with Crippen LogP contribution in [0, 0.1) is 11.6 Å². The van der Waals surface area contributed by atoms with E-state index in [1.807, 2.05) is 0 Å². The number of hydrogen-bond donors (Lipinski definition) is 2. The lowest BCUT2D eigenvalue weighted by Gasteiger charge is -2.15. The molecule has 0 aliphatic heterocycles. The van der Waals surface area contributed by atoms with Crippen molar-refractivity contribution < 1.29 is 18.7 Å². The van der Waals surface area contributed by atoms with Crippen molar-refractivity contribution in [3.05, 3.63) is 65.5 Å². The summed E-state index contributed by atoms with van der Waals surface area (Å²) < 4.78 is 26.5. The predicted molar refractivity (Wildman–Crippen MR) is 67.8 cm³/mol. The molecule has 0 spiro atoms. The number of halogens is 2. The van der Waals surface area contributed by atoms with Gasteiger partial charge in [-0.3, -0.25) is 15.1 Å². The van der Waals surface area contributed by atoms with Gasteiger partial charge in [0.1, 0.15) is 17.7 Å². The number of hydrogen-bond acceptors (Lipinski definition) is 3. The van der Waals surface area contributed by atoms with Crippen LogP contribution in [0.2, 0.25) is 0 Å². The number of carboxylic acids is 1. The van der Waals surface area contributed by atoms with Crippen LogP contribution in [0.5, 0.6) is 0 Å². The number of pyridine rings is 1. The molecule has 1 heterocycles. The summed E-state index contributed by atoms with van der Waals surface area (Å²) in [7, 11) is 0. The third-order valence-electron chi connectivity index (χ3n) is 2.73. The van der Waals surface area contributed by atoms with Gasteiger partial charge < -0.3 is 5.11 Å². The number of nitrogens with one attached hydrogen (secondary N) is 1. The Kier molecular flexibility index (Phi) is 4.37. The van der Waals surface area contributed by atoms with Crippen LogP contribution in [0.1, 0.15) is 17.3 Å². The number of carbonyl (C=O) groups is 1.